The number of aromatic hydroxyl groups is 1. The predicted molar refractivity (Wildman–Crippen MR) is 117 cm³/mol. The van der Waals surface area contributed by atoms with Crippen molar-refractivity contribution in [2.75, 3.05) is 4.90 Å². The van der Waals surface area contributed by atoms with Gasteiger partial charge < -0.3 is 5.11 Å². The highest BCUT2D eigenvalue weighted by Crippen LogP contribution is 2.33. The fourth-order valence-corrected chi connectivity index (χ4v) is 3.66. The first-order chi connectivity index (χ1) is 14.6. The van der Waals surface area contributed by atoms with E-state index in [4.69, 9.17) is 0 Å². The molecule has 0 saturated heterocycles. The maximum atomic E-state index is 13.1. The molecule has 1 aliphatic heterocycles. The van der Waals surface area contributed by atoms with Crippen molar-refractivity contribution < 1.29 is 14.7 Å². The molecule has 0 aliphatic carbocycles. The number of phenolic OH excluding ortho intramolecular Hbond substituents is 1. The van der Waals surface area contributed by atoms with Crippen LogP contribution in [0, 0.1) is 0 Å². The molecule has 1 heterocycles. The Kier molecular flexibility index (Phi) is 4.14. The summed E-state index contributed by atoms with van der Waals surface area (Å²) in [4.78, 5) is 31.8. The Morgan fingerprint density at radius 2 is 1.33 bits per heavy atom. The molecule has 4 aromatic carbocycles. The van der Waals surface area contributed by atoms with Gasteiger partial charge in [-0.25, -0.2) is 4.90 Å². The van der Waals surface area contributed by atoms with Crippen LogP contribution in [0.4, 0.5) is 11.4 Å². The first-order valence-corrected chi connectivity index (χ1v) is 9.45. The summed E-state index contributed by atoms with van der Waals surface area (Å²) in [5, 5.41) is 10.9. The minimum atomic E-state index is -0.329. The number of benzene rings is 4. The number of carbonyl (C=O) groups excluding carboxylic acids is 2. The lowest BCUT2D eigenvalue weighted by molar-refractivity contribution is 0.0893. The number of nitrogens with zero attached hydrogens (tertiary/aromatic N) is 2. The van der Waals surface area contributed by atoms with Crippen LogP contribution in [0.5, 0.6) is 5.75 Å². The quantitative estimate of drug-likeness (QED) is 0.390. The van der Waals surface area contributed by atoms with Gasteiger partial charge in [0.05, 0.1) is 11.4 Å². The molecule has 0 unspecified atom stereocenters. The number of imide groups is 1. The molecular weight excluding hydrogens is 376 g/mol. The van der Waals surface area contributed by atoms with Crippen LogP contribution in [-0.4, -0.2) is 23.1 Å². The molecule has 30 heavy (non-hydrogen) atoms. The van der Waals surface area contributed by atoms with Crippen LogP contribution in [0.1, 0.15) is 26.3 Å². The number of phenols is 1. The van der Waals surface area contributed by atoms with Gasteiger partial charge in [0.25, 0.3) is 11.8 Å². The Labute approximate surface area is 172 Å². The van der Waals surface area contributed by atoms with Gasteiger partial charge in [-0.2, -0.15) is 0 Å². The second-order valence-electron chi connectivity index (χ2n) is 7.02. The summed E-state index contributed by atoms with van der Waals surface area (Å²) in [5.41, 5.74) is 3.09. The molecule has 0 spiro atoms. The van der Waals surface area contributed by atoms with Crippen molar-refractivity contribution in [3.8, 4) is 5.75 Å². The third kappa shape index (κ3) is 2.93. The molecule has 5 nitrogen and oxygen atoms in total. The summed E-state index contributed by atoms with van der Waals surface area (Å²) in [6.45, 7) is 0. The highest BCUT2D eigenvalue weighted by Gasteiger charge is 2.33. The molecule has 2 amide bonds. The first-order valence-electron chi connectivity index (χ1n) is 9.45. The molecule has 0 bridgehead atoms. The van der Waals surface area contributed by atoms with Gasteiger partial charge in [-0.1, -0.05) is 24.3 Å². The van der Waals surface area contributed by atoms with Crippen molar-refractivity contribution >= 4 is 40.2 Å². The van der Waals surface area contributed by atoms with Gasteiger partial charge in [-0.3, -0.25) is 14.6 Å². The zero-order valence-corrected chi connectivity index (χ0v) is 15.8. The summed E-state index contributed by atoms with van der Waals surface area (Å²) in [6.07, 6.45) is 1.68. The summed E-state index contributed by atoms with van der Waals surface area (Å²) in [7, 11) is 0. The van der Waals surface area contributed by atoms with E-state index < -0.39 is 0 Å². The van der Waals surface area contributed by atoms with Gasteiger partial charge in [-0.15, -0.1) is 0 Å². The summed E-state index contributed by atoms with van der Waals surface area (Å²) in [5.74, 6) is -0.459. The zero-order chi connectivity index (χ0) is 20.7. The van der Waals surface area contributed by atoms with E-state index in [0.717, 1.165) is 10.9 Å². The average molecular weight is 392 g/mol. The van der Waals surface area contributed by atoms with E-state index in [-0.39, 0.29) is 17.6 Å². The van der Waals surface area contributed by atoms with E-state index in [1.807, 2.05) is 24.3 Å². The highest BCUT2D eigenvalue weighted by atomic mass is 16.3. The van der Waals surface area contributed by atoms with E-state index in [1.165, 1.54) is 4.90 Å². The monoisotopic (exact) mass is 392 g/mol. The number of rotatable bonds is 3. The fraction of sp³-hybridized carbons (Fsp3) is 0. The minimum Gasteiger partial charge on any atom is -0.508 e. The Balaban J connectivity index is 1.47. The third-order valence-corrected chi connectivity index (χ3v) is 5.14. The van der Waals surface area contributed by atoms with Crippen molar-refractivity contribution in [3.63, 3.8) is 0 Å². The molecule has 1 N–H and O–H groups in total. The minimum absolute atomic E-state index is 0.199. The highest BCUT2D eigenvalue weighted by molar-refractivity contribution is 6.35. The number of hydrogen-bond acceptors (Lipinski definition) is 4. The van der Waals surface area contributed by atoms with E-state index in [1.54, 1.807) is 66.9 Å². The topological polar surface area (TPSA) is 70.0 Å². The molecule has 144 valence electrons. The maximum Gasteiger partial charge on any atom is 0.265 e. The van der Waals surface area contributed by atoms with E-state index in [9.17, 15) is 14.7 Å². The van der Waals surface area contributed by atoms with Crippen molar-refractivity contribution in [3.05, 3.63) is 102 Å². The van der Waals surface area contributed by atoms with Crippen LogP contribution >= 0.6 is 0 Å². The molecule has 0 atom stereocenters. The lowest BCUT2D eigenvalue weighted by atomic mass is 9.94. The number of hydrogen-bond donors (Lipinski definition) is 1. The number of amides is 2. The van der Waals surface area contributed by atoms with E-state index in [2.05, 4.69) is 4.99 Å². The second-order valence-corrected chi connectivity index (χ2v) is 7.02. The van der Waals surface area contributed by atoms with Gasteiger partial charge in [0, 0.05) is 22.7 Å². The molecule has 5 rings (SSSR count). The Morgan fingerprint density at radius 1 is 0.733 bits per heavy atom. The number of carbonyl (C=O) groups is 2. The van der Waals surface area contributed by atoms with Gasteiger partial charge in [-0.05, 0) is 71.6 Å². The van der Waals surface area contributed by atoms with Crippen LogP contribution in [0.2, 0.25) is 0 Å². The van der Waals surface area contributed by atoms with E-state index in [0.29, 0.717) is 27.9 Å². The van der Waals surface area contributed by atoms with Crippen LogP contribution < -0.4 is 4.90 Å². The zero-order valence-electron chi connectivity index (χ0n) is 15.8. The Bertz CT molecular complexity index is 1270. The maximum absolute atomic E-state index is 13.1. The van der Waals surface area contributed by atoms with Crippen molar-refractivity contribution in [1.82, 2.24) is 0 Å². The predicted octanol–water partition coefficient (Wildman–Crippen LogP) is 5.10. The Morgan fingerprint density at radius 3 is 1.93 bits per heavy atom. The van der Waals surface area contributed by atoms with Gasteiger partial charge in [0.15, 0.2) is 0 Å². The number of aliphatic imine (C=N–C) groups is 1. The summed E-state index contributed by atoms with van der Waals surface area (Å²) < 4.78 is 0. The third-order valence-electron chi connectivity index (χ3n) is 5.14. The normalized spacial score (nSPS) is 13.4. The standard InChI is InChI=1S/C25H16N2O3/c28-20-13-7-16(8-14-20)15-26-18-9-11-19(12-10-18)27-24(29)21-5-1-3-17-4-2-6-22(23(17)21)25(27)30/h1-15,28H. The van der Waals surface area contributed by atoms with Gasteiger partial charge in [0.1, 0.15) is 5.75 Å². The molecule has 5 heteroatoms. The van der Waals surface area contributed by atoms with Crippen LogP contribution in [0.3, 0.4) is 0 Å². The van der Waals surface area contributed by atoms with E-state index >= 15 is 0 Å². The summed E-state index contributed by atoms with van der Waals surface area (Å²) in [6, 6.07) is 24.6. The van der Waals surface area contributed by atoms with Crippen molar-refractivity contribution in [1.29, 1.82) is 0 Å². The SMILES string of the molecule is O=C1c2cccc3cccc(c23)C(=O)N1c1ccc(N=Cc2ccc(O)cc2)cc1. The lowest BCUT2D eigenvalue weighted by Gasteiger charge is -2.27. The lowest BCUT2D eigenvalue weighted by Crippen LogP contribution is -2.40. The molecule has 0 saturated carbocycles. The molecule has 0 fully saturated rings. The molecule has 0 radical (unpaired) electrons. The van der Waals surface area contributed by atoms with Crippen molar-refractivity contribution in [2.24, 2.45) is 4.99 Å². The molecule has 0 aromatic heterocycles. The largest absolute Gasteiger partial charge is 0.508 e. The van der Waals surface area contributed by atoms with Crippen LogP contribution in [-0.2, 0) is 0 Å². The van der Waals surface area contributed by atoms with Gasteiger partial charge in [0.2, 0.25) is 0 Å². The fourth-order valence-electron chi connectivity index (χ4n) is 3.66. The number of anilines is 1. The van der Waals surface area contributed by atoms with Gasteiger partial charge >= 0.3 is 0 Å². The summed E-state index contributed by atoms with van der Waals surface area (Å²) >= 11 is 0. The molecule has 1 aliphatic rings. The average Bonchev–Trinajstić information content (AvgIpc) is 2.78. The first kappa shape index (κ1) is 17.8. The molecule has 4 aromatic rings. The smallest absolute Gasteiger partial charge is 0.265 e. The van der Waals surface area contributed by atoms with Crippen LogP contribution in [0.25, 0.3) is 10.8 Å². The van der Waals surface area contributed by atoms with Crippen LogP contribution in [0.15, 0.2) is 89.9 Å². The molecular formula is C25H16N2O3. The van der Waals surface area contributed by atoms with Crippen molar-refractivity contribution in [2.45, 2.75) is 0 Å². The Hall–Kier alpha value is -4.25. The second kappa shape index (κ2) is 6.97.